The Labute approximate surface area is 253 Å². The molecule has 0 aliphatic carbocycles. The standard InChI is InChI=1S/C30H25N3O8S2/c1-3-40-29(37)16-6-10-18(11-7-16)33-26(35)23-22(20-5-4-14-41-20)25-28(42-24(23)27(33)36)32(30(38)43-25)15-21(34)31-17-8-12-19(39-2)13-9-17/h4-14,22-24H,3,15H2,1-2H3,(H,31,34)/t22-,23?,24?/m1/s1. The van der Waals surface area contributed by atoms with Gasteiger partial charge in [-0.2, -0.15) is 0 Å². The first-order chi connectivity index (χ1) is 20.8. The molecule has 43 heavy (non-hydrogen) atoms. The number of ether oxygens (including phenoxy) is 2. The van der Waals surface area contributed by atoms with Gasteiger partial charge in [0.05, 0.1) is 53.0 Å². The third-order valence-electron chi connectivity index (χ3n) is 7.21. The smallest absolute Gasteiger partial charge is 0.338 e. The first-order valence-electron chi connectivity index (χ1n) is 13.3. The lowest BCUT2D eigenvalue weighted by atomic mass is 9.87. The van der Waals surface area contributed by atoms with E-state index in [4.69, 9.17) is 13.9 Å². The number of thioether (sulfide) groups is 1. The van der Waals surface area contributed by atoms with E-state index in [0.29, 0.717) is 38.4 Å². The molecule has 0 radical (unpaired) electrons. The lowest BCUT2D eigenvalue weighted by Gasteiger charge is -2.29. The molecule has 2 aromatic carbocycles. The van der Waals surface area contributed by atoms with Crippen LogP contribution in [-0.2, 0) is 25.7 Å². The zero-order chi connectivity index (χ0) is 30.2. The summed E-state index contributed by atoms with van der Waals surface area (Å²) >= 11 is 2.04. The number of hydrogen-bond acceptors (Lipinski definition) is 10. The van der Waals surface area contributed by atoms with Gasteiger partial charge in [0.1, 0.15) is 23.3 Å². The van der Waals surface area contributed by atoms with Crippen LogP contribution in [0, 0.1) is 5.92 Å². The number of imide groups is 1. The minimum Gasteiger partial charge on any atom is -0.497 e. The van der Waals surface area contributed by atoms with Crippen LogP contribution in [0.15, 0.2) is 81.2 Å². The highest BCUT2D eigenvalue weighted by Crippen LogP contribution is 2.53. The van der Waals surface area contributed by atoms with Crippen LogP contribution >= 0.6 is 23.1 Å². The summed E-state index contributed by atoms with van der Waals surface area (Å²) in [6.45, 7) is 1.64. The highest BCUT2D eigenvalue weighted by atomic mass is 32.2. The minimum atomic E-state index is -0.871. The molecule has 2 unspecified atom stereocenters. The zero-order valence-corrected chi connectivity index (χ0v) is 24.6. The van der Waals surface area contributed by atoms with Crippen molar-refractivity contribution in [3.63, 3.8) is 0 Å². The number of nitrogens with zero attached hydrogens (tertiary/aromatic N) is 2. The first-order valence-corrected chi connectivity index (χ1v) is 15.0. The Hall–Kier alpha value is -4.62. The lowest BCUT2D eigenvalue weighted by Crippen LogP contribution is -2.32. The van der Waals surface area contributed by atoms with E-state index in [9.17, 15) is 24.0 Å². The third kappa shape index (κ3) is 5.14. The summed E-state index contributed by atoms with van der Waals surface area (Å²) in [6, 6.07) is 16.2. The molecule has 3 amide bonds. The molecule has 11 nitrogen and oxygen atoms in total. The van der Waals surface area contributed by atoms with Crippen molar-refractivity contribution in [1.29, 1.82) is 0 Å². The summed E-state index contributed by atoms with van der Waals surface area (Å²) in [5.74, 6) is -2.32. The van der Waals surface area contributed by atoms with E-state index in [1.165, 1.54) is 35.1 Å². The summed E-state index contributed by atoms with van der Waals surface area (Å²) in [5.41, 5.74) is 1.14. The van der Waals surface area contributed by atoms with Crippen molar-refractivity contribution in [2.24, 2.45) is 5.92 Å². The number of nitrogens with one attached hydrogen (secondary N) is 1. The molecule has 1 fully saturated rings. The molecule has 3 atom stereocenters. The zero-order valence-electron chi connectivity index (χ0n) is 23.0. The maximum Gasteiger partial charge on any atom is 0.338 e. The number of furan rings is 1. The SMILES string of the molecule is CCOC(=O)c1ccc(N2C(=O)C3Sc4c(sc(=O)n4CC(=O)Nc4ccc(OC)cc4)[C@H](c4ccco4)C3C2=O)cc1. The Morgan fingerprint density at radius 1 is 1.00 bits per heavy atom. The van der Waals surface area contributed by atoms with Gasteiger partial charge in [-0.25, -0.2) is 9.69 Å². The molecule has 6 rings (SSSR count). The first kappa shape index (κ1) is 28.5. The van der Waals surface area contributed by atoms with E-state index in [0.717, 1.165) is 28.0 Å². The average Bonchev–Trinajstić information content (AvgIpc) is 3.71. The number of carbonyl (C=O) groups is 4. The molecule has 4 heterocycles. The second-order valence-electron chi connectivity index (χ2n) is 9.74. The second kappa shape index (κ2) is 11.6. The van der Waals surface area contributed by atoms with Crippen LogP contribution in [0.4, 0.5) is 11.4 Å². The lowest BCUT2D eigenvalue weighted by molar-refractivity contribution is -0.122. The number of methoxy groups -OCH3 is 1. The summed E-state index contributed by atoms with van der Waals surface area (Å²) in [4.78, 5) is 67.3. The summed E-state index contributed by atoms with van der Waals surface area (Å²) in [5, 5.41) is 2.35. The number of aromatic nitrogens is 1. The van der Waals surface area contributed by atoms with Crippen LogP contribution < -0.4 is 19.8 Å². The predicted molar refractivity (Wildman–Crippen MR) is 159 cm³/mol. The molecular formula is C30H25N3O8S2. The molecule has 0 saturated carbocycles. The monoisotopic (exact) mass is 619 g/mol. The van der Waals surface area contributed by atoms with E-state index in [1.807, 2.05) is 0 Å². The molecule has 0 bridgehead atoms. The highest BCUT2D eigenvalue weighted by molar-refractivity contribution is 8.00. The molecule has 2 aliphatic heterocycles. The topological polar surface area (TPSA) is 137 Å². The van der Waals surface area contributed by atoms with Gasteiger partial charge < -0.3 is 19.2 Å². The van der Waals surface area contributed by atoms with Crippen molar-refractivity contribution in [3.8, 4) is 5.75 Å². The maximum absolute atomic E-state index is 13.9. The Kier molecular flexibility index (Phi) is 7.67. The van der Waals surface area contributed by atoms with Gasteiger partial charge >= 0.3 is 10.8 Å². The fourth-order valence-corrected chi connectivity index (χ4v) is 8.02. The van der Waals surface area contributed by atoms with E-state index >= 15 is 0 Å². The maximum atomic E-state index is 13.9. The predicted octanol–water partition coefficient (Wildman–Crippen LogP) is 4.12. The van der Waals surface area contributed by atoms with Crippen LogP contribution in [0.25, 0.3) is 0 Å². The fraction of sp³-hybridized carbons (Fsp3) is 0.233. The van der Waals surface area contributed by atoms with E-state index in [2.05, 4.69) is 5.32 Å². The summed E-state index contributed by atoms with van der Waals surface area (Å²) < 4.78 is 17.2. The van der Waals surface area contributed by atoms with Crippen LogP contribution in [0.3, 0.4) is 0 Å². The molecule has 4 aromatic rings. The highest BCUT2D eigenvalue weighted by Gasteiger charge is 2.57. The third-order valence-corrected chi connectivity index (χ3v) is 9.81. The number of anilines is 2. The number of esters is 1. The number of carbonyl (C=O) groups excluding carboxylic acids is 4. The minimum absolute atomic E-state index is 0.219. The van der Waals surface area contributed by atoms with Crippen molar-refractivity contribution in [3.05, 3.63) is 92.8 Å². The summed E-state index contributed by atoms with van der Waals surface area (Å²) in [6.07, 6.45) is 1.47. The van der Waals surface area contributed by atoms with E-state index in [1.54, 1.807) is 50.4 Å². The second-order valence-corrected chi connectivity index (χ2v) is 11.9. The van der Waals surface area contributed by atoms with Gasteiger partial charge in [0.25, 0.3) is 0 Å². The van der Waals surface area contributed by atoms with Gasteiger partial charge in [-0.15, -0.1) is 0 Å². The van der Waals surface area contributed by atoms with Gasteiger partial charge in [-0.1, -0.05) is 23.1 Å². The van der Waals surface area contributed by atoms with Crippen molar-refractivity contribution in [1.82, 2.24) is 4.57 Å². The molecule has 2 aromatic heterocycles. The Morgan fingerprint density at radius 2 is 1.74 bits per heavy atom. The van der Waals surface area contributed by atoms with Crippen molar-refractivity contribution >= 4 is 58.2 Å². The van der Waals surface area contributed by atoms with Crippen LogP contribution in [0.1, 0.15) is 33.8 Å². The average molecular weight is 620 g/mol. The number of amides is 3. The Bertz CT molecular complexity index is 1760. The van der Waals surface area contributed by atoms with E-state index in [-0.39, 0.29) is 18.0 Å². The normalized spacial score (nSPS) is 19.1. The van der Waals surface area contributed by atoms with Gasteiger partial charge in [0.2, 0.25) is 17.7 Å². The van der Waals surface area contributed by atoms with Crippen LogP contribution in [0.5, 0.6) is 5.75 Å². The quantitative estimate of drug-likeness (QED) is 0.228. The van der Waals surface area contributed by atoms with Crippen molar-refractivity contribution in [2.75, 3.05) is 23.9 Å². The molecule has 1 saturated heterocycles. The molecule has 1 N–H and O–H groups in total. The molecular weight excluding hydrogens is 594 g/mol. The fourth-order valence-electron chi connectivity index (χ4n) is 5.26. The molecule has 13 heteroatoms. The van der Waals surface area contributed by atoms with E-state index < -0.39 is 40.8 Å². The number of hydrogen-bond donors (Lipinski definition) is 1. The largest absolute Gasteiger partial charge is 0.497 e. The van der Waals surface area contributed by atoms with Crippen LogP contribution in [0.2, 0.25) is 0 Å². The number of rotatable bonds is 8. The Balaban J connectivity index is 1.32. The Morgan fingerprint density at radius 3 is 2.40 bits per heavy atom. The molecule has 0 spiro atoms. The molecule has 2 aliphatic rings. The number of fused-ring (bicyclic) bond motifs is 2. The number of benzene rings is 2. The van der Waals surface area contributed by atoms with Gasteiger partial charge in [-0.05, 0) is 67.6 Å². The summed E-state index contributed by atoms with van der Waals surface area (Å²) in [7, 11) is 1.54. The number of thiazole rings is 1. The van der Waals surface area contributed by atoms with Gasteiger partial charge in [0, 0.05) is 5.69 Å². The van der Waals surface area contributed by atoms with Crippen molar-refractivity contribution in [2.45, 2.75) is 29.7 Å². The van der Waals surface area contributed by atoms with Gasteiger partial charge in [-0.3, -0.25) is 23.7 Å². The van der Waals surface area contributed by atoms with Crippen LogP contribution in [-0.4, -0.2) is 47.2 Å². The molecule has 220 valence electrons. The van der Waals surface area contributed by atoms with Crippen molar-refractivity contribution < 1.29 is 33.1 Å². The van der Waals surface area contributed by atoms with Gasteiger partial charge in [0.15, 0.2) is 0 Å².